The van der Waals surface area contributed by atoms with Crippen molar-refractivity contribution in [2.45, 2.75) is 31.5 Å². The molecule has 0 bridgehead atoms. The fraction of sp³-hybridized carbons (Fsp3) is 0.357. The highest BCUT2D eigenvalue weighted by Gasteiger charge is 2.28. The quantitative estimate of drug-likeness (QED) is 0.804. The zero-order valence-corrected chi connectivity index (χ0v) is 14.7. The number of aromatic nitrogens is 2. The van der Waals surface area contributed by atoms with E-state index < -0.39 is 10.0 Å². The Morgan fingerprint density at radius 2 is 2.04 bits per heavy atom. The molecule has 0 unspecified atom stereocenters. The lowest BCUT2D eigenvalue weighted by Crippen LogP contribution is -2.30. The second-order valence-corrected chi connectivity index (χ2v) is 7.80. The average Bonchev–Trinajstić information content (AvgIpc) is 2.97. The number of nitrogens with one attached hydrogen (secondary N) is 1. The first-order valence-electron chi connectivity index (χ1n) is 7.11. The lowest BCUT2D eigenvalue weighted by molar-refractivity contribution is -0.115. The highest BCUT2D eigenvalue weighted by Crippen LogP contribution is 2.27. The van der Waals surface area contributed by atoms with E-state index in [9.17, 15) is 13.2 Å². The van der Waals surface area contributed by atoms with Crippen molar-refractivity contribution in [3.63, 3.8) is 0 Å². The highest BCUT2D eigenvalue weighted by molar-refractivity contribution is 7.94. The third-order valence-electron chi connectivity index (χ3n) is 3.06. The van der Waals surface area contributed by atoms with Crippen molar-refractivity contribution in [2.24, 2.45) is 0 Å². The molecule has 0 aliphatic rings. The van der Waals surface area contributed by atoms with Gasteiger partial charge in [-0.1, -0.05) is 30.4 Å². The van der Waals surface area contributed by atoms with Crippen molar-refractivity contribution in [1.29, 1.82) is 0 Å². The van der Waals surface area contributed by atoms with Gasteiger partial charge in [0.15, 0.2) is 0 Å². The topological polar surface area (TPSA) is 92.3 Å². The van der Waals surface area contributed by atoms with E-state index in [4.69, 9.17) is 0 Å². The van der Waals surface area contributed by atoms with Crippen molar-refractivity contribution in [2.75, 3.05) is 16.2 Å². The maximum Gasteiger partial charge on any atom is 0.293 e. The monoisotopic (exact) mass is 354 g/mol. The summed E-state index contributed by atoms with van der Waals surface area (Å²) in [4.78, 5) is 11.4. The molecule has 0 radical (unpaired) electrons. The van der Waals surface area contributed by atoms with Gasteiger partial charge in [-0.2, -0.15) is 8.42 Å². The molecular weight excluding hydrogens is 336 g/mol. The molecule has 1 amide bonds. The number of benzene rings is 1. The van der Waals surface area contributed by atoms with Gasteiger partial charge in [0.1, 0.15) is 0 Å². The minimum absolute atomic E-state index is 0.146. The molecule has 0 atom stereocenters. The Morgan fingerprint density at radius 3 is 2.65 bits per heavy atom. The van der Waals surface area contributed by atoms with E-state index in [1.54, 1.807) is 32.0 Å². The average molecular weight is 354 g/mol. The molecule has 2 rings (SSSR count). The van der Waals surface area contributed by atoms with Gasteiger partial charge in [-0.25, -0.2) is 0 Å². The van der Waals surface area contributed by atoms with Gasteiger partial charge in [0, 0.05) is 13.0 Å². The van der Waals surface area contributed by atoms with Gasteiger partial charge in [0.2, 0.25) is 11.0 Å². The molecule has 0 aliphatic carbocycles. The van der Waals surface area contributed by atoms with Gasteiger partial charge in [0.25, 0.3) is 14.4 Å². The van der Waals surface area contributed by atoms with Crippen LogP contribution in [0, 0.1) is 6.92 Å². The van der Waals surface area contributed by atoms with Crippen LogP contribution in [0.15, 0.2) is 28.6 Å². The summed E-state index contributed by atoms with van der Waals surface area (Å²) in [5.74, 6) is -0.240. The second-order valence-electron chi connectivity index (χ2n) is 4.78. The van der Waals surface area contributed by atoms with Gasteiger partial charge in [-0.05, 0) is 31.5 Å². The molecule has 1 N–H and O–H groups in total. The SMILES string of the molecule is CCC(=O)Nc1nnc(S(=O)(=O)N(CC)c2cccc(C)c2)s1. The van der Waals surface area contributed by atoms with E-state index in [-0.39, 0.29) is 28.3 Å². The number of sulfonamides is 1. The lowest BCUT2D eigenvalue weighted by Gasteiger charge is -2.21. The summed E-state index contributed by atoms with van der Waals surface area (Å²) in [5, 5.41) is 10.1. The number of anilines is 2. The fourth-order valence-electron chi connectivity index (χ4n) is 1.94. The molecule has 1 aromatic carbocycles. The number of carbonyl (C=O) groups is 1. The largest absolute Gasteiger partial charge is 0.301 e. The smallest absolute Gasteiger partial charge is 0.293 e. The summed E-state index contributed by atoms with van der Waals surface area (Å²) < 4.78 is 26.7. The second kappa shape index (κ2) is 7.05. The van der Waals surface area contributed by atoms with Gasteiger partial charge < -0.3 is 5.32 Å². The summed E-state index contributed by atoms with van der Waals surface area (Å²) >= 11 is 0.842. The third-order valence-corrected chi connectivity index (χ3v) is 6.15. The molecule has 0 aliphatic heterocycles. The van der Waals surface area contributed by atoms with Gasteiger partial charge >= 0.3 is 0 Å². The molecule has 23 heavy (non-hydrogen) atoms. The minimum Gasteiger partial charge on any atom is -0.301 e. The number of amides is 1. The van der Waals surface area contributed by atoms with Crippen molar-refractivity contribution in [3.8, 4) is 0 Å². The van der Waals surface area contributed by atoms with E-state index in [2.05, 4.69) is 15.5 Å². The molecule has 124 valence electrons. The Hall–Kier alpha value is -2.00. The maximum atomic E-state index is 12.8. The first-order valence-corrected chi connectivity index (χ1v) is 9.37. The standard InChI is InChI=1S/C14H18N4O3S2/c1-4-12(19)15-13-16-17-14(22-13)23(20,21)18(5-2)11-8-6-7-10(3)9-11/h6-9H,4-5H2,1-3H3,(H,15,16,19). The Labute approximate surface area is 139 Å². The zero-order chi connectivity index (χ0) is 17.0. The van der Waals surface area contributed by atoms with Crippen LogP contribution in [-0.2, 0) is 14.8 Å². The summed E-state index contributed by atoms with van der Waals surface area (Å²) in [5.41, 5.74) is 1.53. The summed E-state index contributed by atoms with van der Waals surface area (Å²) in [7, 11) is -3.82. The fourth-order valence-corrected chi connectivity index (χ4v) is 4.43. The van der Waals surface area contributed by atoms with Crippen LogP contribution in [0.2, 0.25) is 0 Å². The Balaban J connectivity index is 2.34. The first-order chi connectivity index (χ1) is 10.9. The molecule has 1 heterocycles. The Bertz CT molecular complexity index is 802. The van der Waals surface area contributed by atoms with E-state index in [0.717, 1.165) is 16.9 Å². The van der Waals surface area contributed by atoms with Gasteiger partial charge in [-0.3, -0.25) is 9.10 Å². The van der Waals surface area contributed by atoms with Crippen molar-refractivity contribution >= 4 is 38.1 Å². The molecule has 0 saturated carbocycles. The van der Waals surface area contributed by atoms with E-state index >= 15 is 0 Å². The van der Waals surface area contributed by atoms with Crippen LogP contribution >= 0.6 is 11.3 Å². The van der Waals surface area contributed by atoms with Crippen LogP contribution in [0.5, 0.6) is 0 Å². The minimum atomic E-state index is -3.82. The molecule has 9 heteroatoms. The maximum absolute atomic E-state index is 12.8. The molecule has 0 spiro atoms. The predicted molar refractivity (Wildman–Crippen MR) is 90.2 cm³/mol. The Kier molecular flexibility index (Phi) is 5.32. The summed E-state index contributed by atoms with van der Waals surface area (Å²) in [6.07, 6.45) is 0.284. The van der Waals surface area contributed by atoms with Crippen LogP contribution in [0.3, 0.4) is 0 Å². The van der Waals surface area contributed by atoms with Crippen LogP contribution < -0.4 is 9.62 Å². The molecule has 1 aromatic heterocycles. The molecule has 0 fully saturated rings. The summed E-state index contributed by atoms with van der Waals surface area (Å²) in [6.45, 7) is 5.61. The number of nitrogens with zero attached hydrogens (tertiary/aromatic N) is 3. The number of hydrogen-bond acceptors (Lipinski definition) is 6. The number of aryl methyl sites for hydroxylation is 1. The Morgan fingerprint density at radius 1 is 1.30 bits per heavy atom. The molecule has 2 aromatic rings. The lowest BCUT2D eigenvalue weighted by atomic mass is 10.2. The van der Waals surface area contributed by atoms with E-state index in [1.807, 2.05) is 13.0 Å². The highest BCUT2D eigenvalue weighted by atomic mass is 32.2. The summed E-state index contributed by atoms with van der Waals surface area (Å²) in [6, 6.07) is 7.22. The molecule has 7 nitrogen and oxygen atoms in total. The van der Waals surface area contributed by atoms with Crippen LogP contribution in [0.4, 0.5) is 10.8 Å². The number of hydrogen-bond donors (Lipinski definition) is 1. The van der Waals surface area contributed by atoms with Crippen molar-refractivity contribution < 1.29 is 13.2 Å². The van der Waals surface area contributed by atoms with E-state index in [0.29, 0.717) is 5.69 Å². The van der Waals surface area contributed by atoms with E-state index in [1.165, 1.54) is 4.31 Å². The predicted octanol–water partition coefficient (Wildman–Crippen LogP) is 2.41. The van der Waals surface area contributed by atoms with Crippen LogP contribution in [-0.4, -0.2) is 31.1 Å². The van der Waals surface area contributed by atoms with Gasteiger partial charge in [-0.15, -0.1) is 10.2 Å². The zero-order valence-electron chi connectivity index (χ0n) is 13.1. The van der Waals surface area contributed by atoms with Crippen LogP contribution in [0.1, 0.15) is 25.8 Å². The molecule has 0 saturated heterocycles. The van der Waals surface area contributed by atoms with Crippen LogP contribution in [0.25, 0.3) is 0 Å². The normalized spacial score (nSPS) is 11.3. The number of rotatable bonds is 6. The third kappa shape index (κ3) is 3.85. The first kappa shape index (κ1) is 17.4. The number of carbonyl (C=O) groups excluding carboxylic acids is 1. The van der Waals surface area contributed by atoms with Gasteiger partial charge in [0.05, 0.1) is 5.69 Å². The van der Waals surface area contributed by atoms with Crippen molar-refractivity contribution in [3.05, 3.63) is 29.8 Å². The van der Waals surface area contributed by atoms with Crippen molar-refractivity contribution in [1.82, 2.24) is 10.2 Å². The molecular formula is C14H18N4O3S2.